The van der Waals surface area contributed by atoms with Crippen LogP contribution in [-0.4, -0.2) is 89.6 Å². The van der Waals surface area contributed by atoms with Crippen molar-refractivity contribution in [3.8, 4) is 0 Å². The first-order valence-corrected chi connectivity index (χ1v) is 28.3. The smallest absolute Gasteiger partial charge is 0.0934 e. The van der Waals surface area contributed by atoms with Gasteiger partial charge in [0.2, 0.25) is 0 Å². The van der Waals surface area contributed by atoms with Crippen LogP contribution in [0, 0.1) is 35.0 Å². The molecule has 3 fully saturated rings. The Balaban J connectivity index is 1.25. The maximum atomic E-state index is 6.54. The minimum Gasteiger partial charge on any atom is -0.381 e. The average Bonchev–Trinajstić information content (AvgIpc) is 3.91. The fourth-order valence-electron chi connectivity index (χ4n) is 11.5. The second-order valence-corrected chi connectivity index (χ2v) is 21.9. The summed E-state index contributed by atoms with van der Waals surface area (Å²) in [6.07, 6.45) is 46.9. The lowest BCUT2D eigenvalue weighted by atomic mass is 9.68. The molecule has 2 saturated carbocycles. The lowest BCUT2D eigenvalue weighted by Crippen LogP contribution is -2.36. The van der Waals surface area contributed by atoms with E-state index in [1.54, 1.807) is 5.57 Å². The molecule has 8 atom stereocenters. The van der Waals surface area contributed by atoms with Crippen LogP contribution in [0.25, 0.3) is 0 Å². The lowest BCUT2D eigenvalue weighted by molar-refractivity contribution is -0.0386. The largest absolute Gasteiger partial charge is 0.381 e. The number of ether oxygens (including phenoxy) is 5. The molecule has 380 valence electrons. The summed E-state index contributed by atoms with van der Waals surface area (Å²) in [4.78, 5) is 2.48. The zero-order chi connectivity index (χ0) is 46.8. The third-order valence-corrected chi connectivity index (χ3v) is 15.8. The van der Waals surface area contributed by atoms with Crippen molar-refractivity contribution in [2.24, 2.45) is 35.0 Å². The van der Waals surface area contributed by atoms with Gasteiger partial charge in [-0.3, -0.25) is 4.90 Å². The Hall–Kier alpha value is -1.02. The molecule has 0 aromatic heterocycles. The van der Waals surface area contributed by atoms with Gasteiger partial charge in [-0.05, 0) is 144 Å². The third kappa shape index (κ3) is 26.0. The highest BCUT2D eigenvalue weighted by molar-refractivity contribution is 5.18. The first-order valence-electron chi connectivity index (χ1n) is 28.3. The second kappa shape index (κ2) is 36.9. The molecular weight excluding hydrogens is 803 g/mol. The fraction of sp³-hybridized carbons (Fsp3) is 0.898. The molecule has 2 unspecified atom stereocenters. The maximum Gasteiger partial charge on any atom is 0.0934 e. The number of methoxy groups -OCH3 is 1. The van der Waals surface area contributed by atoms with E-state index in [2.05, 4.69) is 83.7 Å². The summed E-state index contributed by atoms with van der Waals surface area (Å²) < 4.78 is 30.9. The van der Waals surface area contributed by atoms with Gasteiger partial charge in [-0.15, -0.1) is 0 Å². The summed E-state index contributed by atoms with van der Waals surface area (Å²) in [7, 11) is 1.83. The number of allylic oxidation sites excluding steroid dienone is 5. The van der Waals surface area contributed by atoms with Crippen LogP contribution in [0.5, 0.6) is 0 Å². The maximum absolute atomic E-state index is 6.54. The molecule has 3 rings (SSSR count). The summed E-state index contributed by atoms with van der Waals surface area (Å²) in [5.74, 6) is 4.44. The van der Waals surface area contributed by atoms with Crippen LogP contribution in [0.4, 0.5) is 0 Å². The highest BCUT2D eigenvalue weighted by Crippen LogP contribution is 2.47. The topological polar surface area (TPSA) is 49.4 Å². The van der Waals surface area contributed by atoms with Gasteiger partial charge in [0.25, 0.3) is 0 Å². The van der Waals surface area contributed by atoms with Crippen molar-refractivity contribution in [2.45, 2.75) is 240 Å². The van der Waals surface area contributed by atoms with Gasteiger partial charge in [-0.25, -0.2) is 0 Å². The molecule has 6 heteroatoms. The monoisotopic (exact) mass is 912 g/mol. The molecule has 0 N–H and O–H groups in total. The van der Waals surface area contributed by atoms with Crippen LogP contribution < -0.4 is 0 Å². The molecule has 0 aromatic rings. The number of unbranched alkanes of at least 4 members (excludes halogenated alkanes) is 9. The first kappa shape index (κ1) is 58.3. The quantitative estimate of drug-likeness (QED) is 0.0451. The van der Waals surface area contributed by atoms with Gasteiger partial charge >= 0.3 is 0 Å². The predicted molar refractivity (Wildman–Crippen MR) is 279 cm³/mol. The van der Waals surface area contributed by atoms with Crippen LogP contribution in [0.2, 0.25) is 0 Å². The highest BCUT2D eigenvalue weighted by Gasteiger charge is 2.37. The van der Waals surface area contributed by atoms with E-state index in [0.717, 1.165) is 114 Å². The van der Waals surface area contributed by atoms with Crippen LogP contribution in [0.1, 0.15) is 222 Å². The van der Waals surface area contributed by atoms with Crippen molar-refractivity contribution >= 4 is 0 Å². The van der Waals surface area contributed by atoms with E-state index in [4.69, 9.17) is 23.7 Å². The van der Waals surface area contributed by atoms with Gasteiger partial charge in [-0.1, -0.05) is 149 Å². The lowest BCUT2D eigenvalue weighted by Gasteiger charge is -2.40. The summed E-state index contributed by atoms with van der Waals surface area (Å²) in [6.45, 7) is 24.5. The summed E-state index contributed by atoms with van der Waals surface area (Å²) in [5, 5.41) is 0. The summed E-state index contributed by atoms with van der Waals surface area (Å²) in [6, 6.07) is 0. The minimum atomic E-state index is 0.0916. The molecule has 3 aliphatic rings. The van der Waals surface area contributed by atoms with Crippen LogP contribution in [-0.2, 0) is 23.7 Å². The van der Waals surface area contributed by atoms with Gasteiger partial charge in [0.05, 0.1) is 24.9 Å². The second-order valence-electron chi connectivity index (χ2n) is 21.9. The predicted octanol–water partition coefficient (Wildman–Crippen LogP) is 15.9. The van der Waals surface area contributed by atoms with Crippen molar-refractivity contribution in [3.63, 3.8) is 0 Å². The van der Waals surface area contributed by atoms with Gasteiger partial charge in [0, 0.05) is 59.8 Å². The molecule has 2 aliphatic carbocycles. The Morgan fingerprint density at radius 2 is 1.43 bits per heavy atom. The Bertz CT molecular complexity index is 1220. The minimum absolute atomic E-state index is 0.0916. The zero-order valence-corrected chi connectivity index (χ0v) is 44.4. The van der Waals surface area contributed by atoms with E-state index in [1.165, 1.54) is 135 Å². The van der Waals surface area contributed by atoms with Gasteiger partial charge in [0.15, 0.2) is 0 Å². The first-order chi connectivity index (χ1) is 31.7. The van der Waals surface area contributed by atoms with E-state index in [1.807, 2.05) is 7.11 Å². The number of hydrogen-bond acceptors (Lipinski definition) is 6. The van der Waals surface area contributed by atoms with Crippen LogP contribution in [0.15, 0.2) is 36.0 Å². The fourth-order valence-corrected chi connectivity index (χ4v) is 11.5. The molecule has 0 amide bonds. The Kier molecular flexibility index (Phi) is 33.1. The van der Waals surface area contributed by atoms with E-state index >= 15 is 0 Å². The van der Waals surface area contributed by atoms with Crippen molar-refractivity contribution in [1.29, 1.82) is 0 Å². The molecule has 0 spiro atoms. The van der Waals surface area contributed by atoms with E-state index in [9.17, 15) is 0 Å². The molecule has 0 aromatic carbocycles. The molecule has 0 radical (unpaired) electrons. The van der Waals surface area contributed by atoms with Gasteiger partial charge in [0.1, 0.15) is 0 Å². The van der Waals surface area contributed by atoms with Crippen LogP contribution >= 0.6 is 0 Å². The number of rotatable bonds is 40. The molecule has 1 aliphatic heterocycles. The molecular formula is C59H109NO5. The Morgan fingerprint density at radius 3 is 2.15 bits per heavy atom. The molecule has 65 heavy (non-hydrogen) atoms. The van der Waals surface area contributed by atoms with Crippen molar-refractivity contribution in [1.82, 2.24) is 4.90 Å². The van der Waals surface area contributed by atoms with E-state index < -0.39 is 0 Å². The Morgan fingerprint density at radius 1 is 0.708 bits per heavy atom. The van der Waals surface area contributed by atoms with Gasteiger partial charge in [-0.2, -0.15) is 0 Å². The summed E-state index contributed by atoms with van der Waals surface area (Å²) in [5.41, 5.74) is 2.04. The SMILES string of the molecule is CCCCCC=CCC=CCCCCCCCCOCC(CN1CCC(OC)C1)OCCCOCCCO[C@H]1CC[C@](C)(CCC)C(=CCC[C@@H]2CC[C@H]([C@H](C)CCCC(C)C)[C@@H]2C)C1. The van der Waals surface area contributed by atoms with Crippen LogP contribution in [0.3, 0.4) is 0 Å². The normalized spacial score (nSPS) is 25.9. The van der Waals surface area contributed by atoms with E-state index in [0.29, 0.717) is 30.8 Å². The van der Waals surface area contributed by atoms with Crippen molar-refractivity contribution < 1.29 is 23.7 Å². The summed E-state index contributed by atoms with van der Waals surface area (Å²) >= 11 is 0. The Labute approximate surface area is 404 Å². The highest BCUT2D eigenvalue weighted by atomic mass is 16.5. The molecule has 1 saturated heterocycles. The third-order valence-electron chi connectivity index (χ3n) is 15.8. The number of hydrogen-bond donors (Lipinski definition) is 0. The van der Waals surface area contributed by atoms with Crippen molar-refractivity contribution in [3.05, 3.63) is 36.0 Å². The zero-order valence-electron chi connectivity index (χ0n) is 44.4. The van der Waals surface area contributed by atoms with Gasteiger partial charge < -0.3 is 23.7 Å². The average molecular weight is 913 g/mol. The van der Waals surface area contributed by atoms with E-state index in [-0.39, 0.29) is 6.10 Å². The number of nitrogens with zero attached hydrogens (tertiary/aromatic N) is 1. The molecule has 6 nitrogen and oxygen atoms in total. The standard InChI is InChI=1S/C59H109NO5/c1-9-11-12-13-14-15-16-17-18-19-20-21-22-23-24-25-41-63-49-57(48-60-40-37-56(47-60)61-8)65-45-29-43-62-42-28-44-64-55-36-39-59(7,38-10-2)54(46-55)33-27-32-53-34-35-58(52(53)6)51(5)31-26-30-50(3)4/h14-15,17-18,33,50-53,55-58H,9-13,16,19-32,34-49H2,1-8H3/t51-,52-,53-,55+,56?,57?,58-,59+/m1/s1. The number of likely N-dealkylation sites (tertiary alicyclic amines) is 1. The molecule has 0 bridgehead atoms. The van der Waals surface area contributed by atoms with Crippen molar-refractivity contribution in [2.75, 3.05) is 66.4 Å². The molecule has 1 heterocycles.